The molecule has 0 aliphatic rings. The van der Waals surface area contributed by atoms with Crippen LogP contribution in [-0.2, 0) is 0 Å². The molecule has 0 aromatic rings. The van der Waals surface area contributed by atoms with Crippen LogP contribution in [0, 0.1) is 0 Å². The van der Waals surface area contributed by atoms with Gasteiger partial charge in [0.15, 0.2) is 0 Å². The van der Waals surface area contributed by atoms with Gasteiger partial charge in [-0.3, -0.25) is 0 Å². The Bertz CT molecular complexity index is 237. The lowest BCUT2D eigenvalue weighted by atomic mass is 10.2. The van der Waals surface area contributed by atoms with Crippen molar-refractivity contribution in [3.8, 4) is 0 Å². The van der Waals surface area contributed by atoms with E-state index in [-0.39, 0.29) is 0 Å². The Labute approximate surface area is 123 Å². The molecule has 120 valence electrons. The molecule has 0 aromatic heterocycles. The van der Waals surface area contributed by atoms with Crippen LogP contribution in [0.15, 0.2) is 5.28 Å². The van der Waals surface area contributed by atoms with Crippen molar-refractivity contribution in [2.75, 3.05) is 26.2 Å². The van der Waals surface area contributed by atoms with E-state index in [0.717, 1.165) is 51.9 Å². The molecule has 0 saturated heterocycles. The Morgan fingerprint density at radius 2 is 1.50 bits per heavy atom. The maximum Gasteiger partial charge on any atom is 0.271 e. The Morgan fingerprint density at radius 3 is 2.15 bits per heavy atom. The third-order valence-electron chi connectivity index (χ3n) is 3.33. The Kier molecular flexibility index (Phi) is 13.6. The van der Waals surface area contributed by atoms with Gasteiger partial charge >= 0.3 is 0 Å². The molecule has 0 amide bonds. The zero-order valence-electron chi connectivity index (χ0n) is 13.2. The van der Waals surface area contributed by atoms with Crippen LogP contribution in [0.5, 0.6) is 0 Å². The van der Waals surface area contributed by atoms with Crippen LogP contribution in [0.25, 0.3) is 0 Å². The number of nitrogens with zero attached hydrogens (tertiary/aromatic N) is 3. The van der Waals surface area contributed by atoms with Crippen molar-refractivity contribution in [2.24, 2.45) is 5.28 Å². The molecular weight excluding hydrogens is 256 g/mol. The van der Waals surface area contributed by atoms with Crippen molar-refractivity contribution in [2.45, 2.75) is 65.2 Å². The summed E-state index contributed by atoms with van der Waals surface area (Å²) in [5.41, 5.74) is 0. The quantitative estimate of drug-likeness (QED) is 0.199. The maximum absolute atomic E-state index is 9.40. The zero-order valence-corrected chi connectivity index (χ0v) is 13.2. The minimum atomic E-state index is 0.558. The number of rotatable bonds is 14. The summed E-state index contributed by atoms with van der Waals surface area (Å²) in [6.45, 7) is 7.96. The second-order valence-electron chi connectivity index (χ2n) is 5.18. The molecule has 6 heteroatoms. The minimum Gasteiger partial charge on any atom is -0.357 e. The van der Waals surface area contributed by atoms with E-state index in [9.17, 15) is 5.21 Å². The highest BCUT2D eigenvalue weighted by Gasteiger charge is 2.16. The molecule has 0 radical (unpaired) electrons. The molecule has 0 spiro atoms. The van der Waals surface area contributed by atoms with E-state index in [1.165, 1.54) is 25.7 Å². The lowest BCUT2D eigenvalue weighted by Crippen LogP contribution is -2.34. The highest BCUT2D eigenvalue weighted by atomic mass is 16.6. The average Bonchev–Trinajstić information content (AvgIpc) is 2.47. The SMILES string of the molecule is CCCCNCCCCCCN(CCCC)[N+](O)=NO. The standard InChI is InChI=1S/C14H32N4O2/c1-3-5-11-15-12-9-7-8-10-14-17(13-6-4-2)18(20)16-19/h15,20H,3-14H2,1-2H3/p+1. The van der Waals surface area contributed by atoms with Crippen molar-refractivity contribution in [1.29, 1.82) is 0 Å². The van der Waals surface area contributed by atoms with Crippen LogP contribution >= 0.6 is 0 Å². The molecule has 0 heterocycles. The van der Waals surface area contributed by atoms with Gasteiger partial charge in [0.25, 0.3) is 10.2 Å². The fraction of sp³-hybridized carbons (Fsp3) is 1.00. The number of hydrazine groups is 1. The molecular formula is C14H33N4O2+. The van der Waals surface area contributed by atoms with Crippen LogP contribution in [0.4, 0.5) is 0 Å². The van der Waals surface area contributed by atoms with Crippen LogP contribution in [0.3, 0.4) is 0 Å². The second-order valence-corrected chi connectivity index (χ2v) is 5.18. The molecule has 0 fully saturated rings. The molecule has 0 atom stereocenters. The molecule has 0 bridgehead atoms. The maximum atomic E-state index is 9.40. The summed E-state index contributed by atoms with van der Waals surface area (Å²) >= 11 is 0. The molecule has 6 nitrogen and oxygen atoms in total. The van der Waals surface area contributed by atoms with Crippen molar-refractivity contribution in [3.05, 3.63) is 0 Å². The van der Waals surface area contributed by atoms with E-state index in [1.54, 1.807) is 5.01 Å². The van der Waals surface area contributed by atoms with E-state index in [0.29, 0.717) is 4.97 Å². The lowest BCUT2D eigenvalue weighted by molar-refractivity contribution is -0.941. The van der Waals surface area contributed by atoms with Gasteiger partial charge in [-0.15, -0.1) is 5.01 Å². The molecule has 0 aliphatic carbocycles. The lowest BCUT2D eigenvalue weighted by Gasteiger charge is -2.11. The van der Waals surface area contributed by atoms with Gasteiger partial charge in [-0.05, 0) is 38.8 Å². The molecule has 20 heavy (non-hydrogen) atoms. The van der Waals surface area contributed by atoms with Gasteiger partial charge in [-0.1, -0.05) is 39.5 Å². The number of nitrogens with one attached hydrogen (secondary N) is 1. The largest absolute Gasteiger partial charge is 0.357 e. The summed E-state index contributed by atoms with van der Waals surface area (Å²) in [6, 6.07) is 0. The highest BCUT2D eigenvalue weighted by Crippen LogP contribution is 2.03. The van der Waals surface area contributed by atoms with Gasteiger partial charge in [0.05, 0.1) is 13.1 Å². The van der Waals surface area contributed by atoms with Gasteiger partial charge in [0.1, 0.15) is 0 Å². The first-order valence-corrected chi connectivity index (χ1v) is 8.05. The number of hydrogen-bond acceptors (Lipinski definition) is 2. The summed E-state index contributed by atoms with van der Waals surface area (Å²) in [4.78, 5) is 0.558. The first-order chi connectivity index (χ1) is 9.76. The molecule has 3 N–H and O–H groups in total. The van der Waals surface area contributed by atoms with E-state index in [2.05, 4.69) is 24.4 Å². The van der Waals surface area contributed by atoms with Gasteiger partial charge < -0.3 is 10.5 Å². The zero-order chi connectivity index (χ0) is 15.1. The topological polar surface area (TPSA) is 71.1 Å². The summed E-state index contributed by atoms with van der Waals surface area (Å²) < 4.78 is 0. The first-order valence-electron chi connectivity index (χ1n) is 8.05. The van der Waals surface area contributed by atoms with E-state index in [1.807, 2.05) is 0 Å². The third kappa shape index (κ3) is 10.8. The minimum absolute atomic E-state index is 0.558. The average molecular weight is 289 g/mol. The van der Waals surface area contributed by atoms with E-state index < -0.39 is 0 Å². The van der Waals surface area contributed by atoms with Crippen LogP contribution in [0.1, 0.15) is 65.2 Å². The van der Waals surface area contributed by atoms with Crippen molar-refractivity contribution in [3.63, 3.8) is 0 Å². The second kappa shape index (κ2) is 14.4. The van der Waals surface area contributed by atoms with Crippen LogP contribution in [0.2, 0.25) is 0 Å². The summed E-state index contributed by atoms with van der Waals surface area (Å²) in [6.07, 6.45) is 9.07. The smallest absolute Gasteiger partial charge is 0.271 e. The van der Waals surface area contributed by atoms with Crippen LogP contribution in [-0.4, -0.2) is 46.6 Å². The summed E-state index contributed by atoms with van der Waals surface area (Å²) in [7, 11) is 0. The predicted molar refractivity (Wildman–Crippen MR) is 79.0 cm³/mol. The predicted octanol–water partition coefficient (Wildman–Crippen LogP) is 3.20. The highest BCUT2D eigenvalue weighted by molar-refractivity contribution is 4.51. The van der Waals surface area contributed by atoms with Crippen molar-refractivity contribution >= 4 is 0 Å². The number of unbranched alkanes of at least 4 members (excludes halogenated alkanes) is 5. The van der Waals surface area contributed by atoms with E-state index >= 15 is 0 Å². The van der Waals surface area contributed by atoms with E-state index in [4.69, 9.17) is 5.21 Å². The fourth-order valence-corrected chi connectivity index (χ4v) is 2.01. The molecule has 0 unspecified atom stereocenters. The van der Waals surface area contributed by atoms with Gasteiger partial charge in [-0.2, -0.15) is 0 Å². The van der Waals surface area contributed by atoms with Gasteiger partial charge in [0, 0.05) is 0 Å². The number of hydrogen-bond donors (Lipinski definition) is 3. The Hall–Kier alpha value is -1.04. The normalized spacial score (nSPS) is 11.8. The third-order valence-corrected chi connectivity index (χ3v) is 3.33. The molecule has 0 rings (SSSR count). The monoisotopic (exact) mass is 289 g/mol. The summed E-state index contributed by atoms with van der Waals surface area (Å²) in [5, 5.41) is 25.9. The Morgan fingerprint density at radius 1 is 0.900 bits per heavy atom. The first kappa shape index (κ1) is 19.0. The molecule has 0 aromatic carbocycles. The fourth-order valence-electron chi connectivity index (χ4n) is 2.01. The van der Waals surface area contributed by atoms with Gasteiger partial charge in [-0.25, -0.2) is 5.21 Å². The van der Waals surface area contributed by atoms with Crippen LogP contribution < -0.4 is 5.32 Å². The Balaban J connectivity index is 3.53. The van der Waals surface area contributed by atoms with Crippen molar-refractivity contribution in [1.82, 2.24) is 10.3 Å². The molecule has 0 saturated carbocycles. The van der Waals surface area contributed by atoms with Gasteiger partial charge in [0.2, 0.25) is 0 Å². The summed E-state index contributed by atoms with van der Waals surface area (Å²) in [5.74, 6) is 0. The molecule has 0 aliphatic heterocycles. The van der Waals surface area contributed by atoms with Crippen molar-refractivity contribution < 1.29 is 15.4 Å².